The van der Waals surface area contributed by atoms with Gasteiger partial charge in [0.2, 0.25) is 11.8 Å². The van der Waals surface area contributed by atoms with Crippen molar-refractivity contribution in [3.05, 3.63) is 35.4 Å². The molecule has 0 spiro atoms. The zero-order valence-corrected chi connectivity index (χ0v) is 10.9. The minimum Gasteiger partial charge on any atom is -0.348 e. The van der Waals surface area contributed by atoms with Crippen LogP contribution in [0.25, 0.3) is 0 Å². The lowest BCUT2D eigenvalue weighted by atomic mass is 10.1. The normalized spacial score (nSPS) is 21.6. The average molecular weight is 258 g/mol. The summed E-state index contributed by atoms with van der Waals surface area (Å²) in [5.41, 5.74) is 2.55. The van der Waals surface area contributed by atoms with Crippen LogP contribution >= 0.6 is 0 Å². The molecule has 0 radical (unpaired) electrons. The van der Waals surface area contributed by atoms with Gasteiger partial charge >= 0.3 is 0 Å². The van der Waals surface area contributed by atoms with Crippen molar-refractivity contribution >= 4 is 11.8 Å². The number of nitrogens with one attached hydrogen (secondary N) is 1. The quantitative estimate of drug-likeness (QED) is 0.891. The zero-order chi connectivity index (χ0) is 13.2. The highest BCUT2D eigenvalue weighted by Gasteiger charge is 2.26. The van der Waals surface area contributed by atoms with Crippen molar-refractivity contribution < 1.29 is 9.59 Å². The summed E-state index contributed by atoms with van der Waals surface area (Å²) in [5.74, 6) is 0.0546. The van der Waals surface area contributed by atoms with Gasteiger partial charge in [-0.3, -0.25) is 9.59 Å². The van der Waals surface area contributed by atoms with E-state index in [0.29, 0.717) is 13.0 Å². The van der Waals surface area contributed by atoms with Gasteiger partial charge in [0.25, 0.3) is 0 Å². The van der Waals surface area contributed by atoms with Crippen LogP contribution in [0.3, 0.4) is 0 Å². The monoisotopic (exact) mass is 258 g/mol. The van der Waals surface area contributed by atoms with E-state index in [1.165, 1.54) is 11.1 Å². The molecule has 0 saturated carbocycles. The summed E-state index contributed by atoms with van der Waals surface area (Å²) in [6.07, 6.45) is 3.43. The molecule has 1 unspecified atom stereocenters. The number of benzene rings is 1. The van der Waals surface area contributed by atoms with Crippen LogP contribution in [0.15, 0.2) is 24.3 Å². The molecule has 1 N–H and O–H groups in total. The van der Waals surface area contributed by atoms with Crippen LogP contribution in [-0.4, -0.2) is 29.8 Å². The third-order valence-electron chi connectivity index (χ3n) is 3.97. The van der Waals surface area contributed by atoms with Gasteiger partial charge in [-0.2, -0.15) is 0 Å². The lowest BCUT2D eigenvalue weighted by Crippen LogP contribution is -2.39. The fraction of sp³-hybridized carbons (Fsp3) is 0.467. The number of rotatable bonds is 3. The molecule has 1 aromatic rings. The maximum absolute atomic E-state index is 12.0. The topological polar surface area (TPSA) is 49.4 Å². The largest absolute Gasteiger partial charge is 0.348 e. The number of nitrogens with zero attached hydrogens (tertiary/aromatic N) is 1. The van der Waals surface area contributed by atoms with E-state index >= 15 is 0 Å². The molecule has 1 aliphatic heterocycles. The standard InChI is InChI=1S/C15H18N2O2/c18-14(10-17-9-3-6-15(17)19)16-13-8-7-11-4-1-2-5-12(11)13/h1-2,4-5,13H,3,6-10H2,(H,16,18). The summed E-state index contributed by atoms with van der Waals surface area (Å²) < 4.78 is 0. The molecule has 1 fully saturated rings. The van der Waals surface area contributed by atoms with E-state index in [1.54, 1.807) is 4.90 Å². The van der Waals surface area contributed by atoms with Gasteiger partial charge in [0.05, 0.1) is 12.6 Å². The van der Waals surface area contributed by atoms with Crippen molar-refractivity contribution in [3.8, 4) is 0 Å². The number of carbonyl (C=O) groups excluding carboxylic acids is 2. The molecule has 4 heteroatoms. The summed E-state index contributed by atoms with van der Waals surface area (Å²) in [7, 11) is 0. The first kappa shape index (κ1) is 12.2. The summed E-state index contributed by atoms with van der Waals surface area (Å²) in [6.45, 7) is 0.922. The van der Waals surface area contributed by atoms with Crippen LogP contribution in [0.2, 0.25) is 0 Å². The van der Waals surface area contributed by atoms with E-state index in [2.05, 4.69) is 17.4 Å². The minimum absolute atomic E-state index is 0.0445. The Balaban J connectivity index is 1.60. The lowest BCUT2D eigenvalue weighted by Gasteiger charge is -2.18. The first-order chi connectivity index (χ1) is 9.24. The van der Waals surface area contributed by atoms with E-state index < -0.39 is 0 Å². The third-order valence-corrected chi connectivity index (χ3v) is 3.97. The number of hydrogen-bond acceptors (Lipinski definition) is 2. The third kappa shape index (κ3) is 2.48. The highest BCUT2D eigenvalue weighted by molar-refractivity contribution is 5.86. The summed E-state index contributed by atoms with van der Waals surface area (Å²) in [6, 6.07) is 8.35. The van der Waals surface area contributed by atoms with Gasteiger partial charge in [-0.25, -0.2) is 0 Å². The van der Waals surface area contributed by atoms with Crippen molar-refractivity contribution in [1.29, 1.82) is 0 Å². The molecule has 1 atom stereocenters. The molecule has 1 aliphatic carbocycles. The average Bonchev–Trinajstić information content (AvgIpc) is 2.98. The first-order valence-electron chi connectivity index (χ1n) is 6.89. The van der Waals surface area contributed by atoms with E-state index in [1.807, 2.05) is 12.1 Å². The molecule has 3 rings (SSSR count). The summed E-state index contributed by atoms with van der Waals surface area (Å²) >= 11 is 0. The smallest absolute Gasteiger partial charge is 0.240 e. The highest BCUT2D eigenvalue weighted by atomic mass is 16.2. The van der Waals surface area contributed by atoms with Crippen LogP contribution in [-0.2, 0) is 16.0 Å². The van der Waals surface area contributed by atoms with Gasteiger partial charge in [-0.05, 0) is 30.4 Å². The van der Waals surface area contributed by atoms with Crippen molar-refractivity contribution in [2.75, 3.05) is 13.1 Å². The van der Waals surface area contributed by atoms with Crippen LogP contribution in [0, 0.1) is 0 Å². The maximum atomic E-state index is 12.0. The van der Waals surface area contributed by atoms with Crippen LogP contribution < -0.4 is 5.32 Å². The molecule has 1 aromatic carbocycles. The van der Waals surface area contributed by atoms with Crippen LogP contribution in [0.5, 0.6) is 0 Å². The molecule has 4 nitrogen and oxygen atoms in total. The fourth-order valence-electron chi connectivity index (χ4n) is 2.99. The second-order valence-electron chi connectivity index (χ2n) is 5.28. The Labute approximate surface area is 112 Å². The SMILES string of the molecule is O=C(CN1CCCC1=O)NC1CCc2ccccc21. The lowest BCUT2D eigenvalue weighted by molar-refractivity contribution is -0.133. The zero-order valence-electron chi connectivity index (χ0n) is 10.9. The number of amides is 2. The highest BCUT2D eigenvalue weighted by Crippen LogP contribution is 2.30. The summed E-state index contributed by atoms with van der Waals surface area (Å²) in [5, 5.41) is 3.05. The predicted molar refractivity (Wildman–Crippen MR) is 71.5 cm³/mol. The van der Waals surface area contributed by atoms with Gasteiger partial charge in [0, 0.05) is 13.0 Å². The number of likely N-dealkylation sites (tertiary alicyclic amines) is 1. The molecular weight excluding hydrogens is 240 g/mol. The van der Waals surface area contributed by atoms with Gasteiger partial charge in [0.15, 0.2) is 0 Å². The molecule has 0 bridgehead atoms. The fourth-order valence-corrected chi connectivity index (χ4v) is 2.99. The molecule has 1 saturated heterocycles. The van der Waals surface area contributed by atoms with E-state index in [9.17, 15) is 9.59 Å². The van der Waals surface area contributed by atoms with Crippen LogP contribution in [0.4, 0.5) is 0 Å². The number of fused-ring (bicyclic) bond motifs is 1. The van der Waals surface area contributed by atoms with Gasteiger partial charge in [-0.15, -0.1) is 0 Å². The second-order valence-corrected chi connectivity index (χ2v) is 5.28. The second kappa shape index (κ2) is 5.03. The van der Waals surface area contributed by atoms with Gasteiger partial charge in [0.1, 0.15) is 0 Å². The van der Waals surface area contributed by atoms with Crippen molar-refractivity contribution in [2.45, 2.75) is 31.7 Å². The number of aryl methyl sites for hydroxylation is 1. The van der Waals surface area contributed by atoms with E-state index in [-0.39, 0.29) is 24.4 Å². The maximum Gasteiger partial charge on any atom is 0.240 e. The van der Waals surface area contributed by atoms with Crippen molar-refractivity contribution in [3.63, 3.8) is 0 Å². The predicted octanol–water partition coefficient (Wildman–Crippen LogP) is 1.41. The summed E-state index contributed by atoms with van der Waals surface area (Å²) in [4.78, 5) is 25.1. The Bertz CT molecular complexity index is 513. The first-order valence-corrected chi connectivity index (χ1v) is 6.89. The van der Waals surface area contributed by atoms with Crippen molar-refractivity contribution in [2.24, 2.45) is 0 Å². The molecule has 2 aliphatic rings. The molecule has 2 amide bonds. The Morgan fingerprint density at radius 3 is 2.95 bits per heavy atom. The van der Waals surface area contributed by atoms with Crippen molar-refractivity contribution in [1.82, 2.24) is 10.2 Å². The Morgan fingerprint density at radius 1 is 1.32 bits per heavy atom. The Kier molecular flexibility index (Phi) is 3.23. The van der Waals surface area contributed by atoms with Gasteiger partial charge < -0.3 is 10.2 Å². The number of carbonyl (C=O) groups is 2. The van der Waals surface area contributed by atoms with Crippen LogP contribution in [0.1, 0.15) is 36.4 Å². The number of hydrogen-bond donors (Lipinski definition) is 1. The molecule has 0 aromatic heterocycles. The minimum atomic E-state index is -0.0445. The molecule has 100 valence electrons. The Hall–Kier alpha value is -1.84. The van der Waals surface area contributed by atoms with Gasteiger partial charge in [-0.1, -0.05) is 24.3 Å². The molecule has 1 heterocycles. The van der Waals surface area contributed by atoms with E-state index in [4.69, 9.17) is 0 Å². The molecule has 19 heavy (non-hydrogen) atoms. The van der Waals surface area contributed by atoms with E-state index in [0.717, 1.165) is 19.3 Å². The molecular formula is C15H18N2O2. The Morgan fingerprint density at radius 2 is 2.16 bits per heavy atom.